The third-order valence-corrected chi connectivity index (χ3v) is 10.8. The minimum absolute atomic E-state index is 0.806. The van der Waals surface area contributed by atoms with Crippen LogP contribution < -0.4 is 9.80 Å². The van der Waals surface area contributed by atoms with Gasteiger partial charge in [-0.3, -0.25) is 0 Å². The second-order valence-corrected chi connectivity index (χ2v) is 14.2. The van der Waals surface area contributed by atoms with Crippen molar-refractivity contribution in [2.45, 2.75) is 0 Å². The topological polar surface area (TPSA) is 32.8 Å². The van der Waals surface area contributed by atoms with Crippen molar-refractivity contribution in [2.24, 2.45) is 0 Å². The molecule has 0 aliphatic heterocycles. The summed E-state index contributed by atoms with van der Waals surface area (Å²) in [6.45, 7) is 0. The van der Waals surface area contributed by atoms with Gasteiger partial charge in [0.05, 0.1) is 16.8 Å². The summed E-state index contributed by atoms with van der Waals surface area (Å²) in [5.41, 5.74) is 11.9. The van der Waals surface area contributed by atoms with E-state index in [4.69, 9.17) is 8.83 Å². The molecule has 0 aliphatic rings. The molecule has 0 fully saturated rings. The van der Waals surface area contributed by atoms with Crippen LogP contribution in [0.5, 0.6) is 0 Å². The fraction of sp³-hybridized carbons (Fsp3) is 0. The molecule has 0 unspecified atom stereocenters. The van der Waals surface area contributed by atoms with Gasteiger partial charge in [-0.25, -0.2) is 0 Å². The Morgan fingerprint density at radius 2 is 0.839 bits per heavy atom. The first-order chi connectivity index (χ1) is 27.7. The van der Waals surface area contributed by atoms with E-state index in [0.717, 1.165) is 83.4 Å². The zero-order chi connectivity index (χ0) is 37.0. The van der Waals surface area contributed by atoms with E-state index < -0.39 is 0 Å². The van der Waals surface area contributed by atoms with Gasteiger partial charge in [0.25, 0.3) is 0 Å². The summed E-state index contributed by atoms with van der Waals surface area (Å²) in [4.78, 5) is 4.68. The van der Waals surface area contributed by atoms with Gasteiger partial charge in [-0.05, 0) is 101 Å². The largest absolute Gasteiger partial charge is 0.456 e. The van der Waals surface area contributed by atoms with Crippen molar-refractivity contribution < 1.29 is 8.83 Å². The van der Waals surface area contributed by atoms with Gasteiger partial charge in [0, 0.05) is 45.0 Å². The van der Waals surface area contributed by atoms with Crippen LogP contribution in [0.3, 0.4) is 0 Å². The average Bonchev–Trinajstić information content (AvgIpc) is 3.82. The van der Waals surface area contributed by atoms with E-state index in [1.54, 1.807) is 0 Å². The van der Waals surface area contributed by atoms with E-state index >= 15 is 0 Å². The second-order valence-electron chi connectivity index (χ2n) is 14.2. The van der Waals surface area contributed by atoms with E-state index in [0.29, 0.717) is 0 Å². The molecule has 0 bridgehead atoms. The molecule has 0 amide bonds. The zero-order valence-corrected chi connectivity index (χ0v) is 30.3. The van der Waals surface area contributed by atoms with Crippen molar-refractivity contribution in [3.63, 3.8) is 0 Å². The number of hydrogen-bond donors (Lipinski definition) is 0. The number of nitrogens with zero attached hydrogens (tertiary/aromatic N) is 2. The molecule has 9 aromatic carbocycles. The highest BCUT2D eigenvalue weighted by Gasteiger charge is 2.24. The molecule has 0 saturated carbocycles. The monoisotopic (exact) mass is 718 g/mol. The summed E-state index contributed by atoms with van der Waals surface area (Å²) in [5.74, 6) is 0. The number of fused-ring (bicyclic) bond motifs is 7. The maximum absolute atomic E-state index is 6.91. The van der Waals surface area contributed by atoms with Crippen molar-refractivity contribution >= 4 is 88.8 Å². The third-order valence-electron chi connectivity index (χ3n) is 10.8. The number of hydrogen-bond acceptors (Lipinski definition) is 4. The van der Waals surface area contributed by atoms with Gasteiger partial charge >= 0.3 is 0 Å². The molecule has 0 aliphatic carbocycles. The lowest BCUT2D eigenvalue weighted by atomic mass is 10.0. The molecule has 0 atom stereocenters. The molecular weight excluding hydrogens is 685 g/mol. The number of rotatable bonds is 7. The van der Waals surface area contributed by atoms with Gasteiger partial charge in [-0.2, -0.15) is 0 Å². The second kappa shape index (κ2) is 13.1. The van der Waals surface area contributed by atoms with Gasteiger partial charge in [-0.1, -0.05) is 121 Å². The lowest BCUT2D eigenvalue weighted by molar-refractivity contribution is 0.668. The van der Waals surface area contributed by atoms with Crippen LogP contribution in [0.15, 0.2) is 215 Å². The molecular formula is C52H34N2O2. The SMILES string of the molecule is c1ccc(-c2ccc(N(c3ccccc3)c3cc(N(c4ccccc4)c4ccc5oc6ccccc6c5c4)cc4oc5cc6ccccc6cc5c34)cc2)cc1. The molecule has 0 radical (unpaired) electrons. The lowest BCUT2D eigenvalue weighted by Gasteiger charge is -2.30. The molecule has 56 heavy (non-hydrogen) atoms. The molecule has 0 spiro atoms. The normalized spacial score (nSPS) is 11.6. The van der Waals surface area contributed by atoms with Gasteiger partial charge < -0.3 is 18.6 Å². The van der Waals surface area contributed by atoms with Crippen LogP contribution in [-0.4, -0.2) is 0 Å². The van der Waals surface area contributed by atoms with Crippen molar-refractivity contribution in [3.8, 4) is 11.1 Å². The fourth-order valence-corrected chi connectivity index (χ4v) is 8.18. The predicted octanol–water partition coefficient (Wildman–Crippen LogP) is 15.2. The van der Waals surface area contributed by atoms with Gasteiger partial charge in [0.1, 0.15) is 22.3 Å². The van der Waals surface area contributed by atoms with Crippen LogP contribution in [0.1, 0.15) is 0 Å². The molecule has 4 nitrogen and oxygen atoms in total. The minimum Gasteiger partial charge on any atom is -0.456 e. The molecule has 11 rings (SSSR count). The van der Waals surface area contributed by atoms with Crippen LogP contribution in [0.25, 0.3) is 65.8 Å². The highest BCUT2D eigenvalue weighted by Crippen LogP contribution is 2.48. The summed E-state index contributed by atoms with van der Waals surface area (Å²) in [6, 6.07) is 72.7. The Kier molecular flexibility index (Phi) is 7.46. The number of para-hydroxylation sites is 3. The van der Waals surface area contributed by atoms with Crippen LogP contribution in [0, 0.1) is 0 Å². The van der Waals surface area contributed by atoms with Crippen molar-refractivity contribution in [1.82, 2.24) is 0 Å². The first kappa shape index (κ1) is 31.9. The first-order valence-corrected chi connectivity index (χ1v) is 18.9. The van der Waals surface area contributed by atoms with E-state index in [9.17, 15) is 0 Å². The average molecular weight is 719 g/mol. The summed E-state index contributed by atoms with van der Waals surface area (Å²) < 4.78 is 13.2. The number of benzene rings is 9. The van der Waals surface area contributed by atoms with Crippen LogP contribution in [-0.2, 0) is 0 Å². The maximum atomic E-state index is 6.91. The Bertz CT molecular complexity index is 3190. The standard InChI is InChI=1S/C52H34N2O2/c1-4-14-35(15-5-1)36-24-26-41(27-25-36)54(40-20-8-3-9-21-40)47-33-43(34-51-52(47)46-30-37-16-10-11-17-38(37)31-50(46)56-51)53(39-18-6-2-7-19-39)42-28-29-49-45(32-42)44-22-12-13-23-48(44)55-49/h1-34H. The molecule has 0 saturated heterocycles. The molecule has 264 valence electrons. The van der Waals surface area contributed by atoms with Crippen LogP contribution in [0.2, 0.25) is 0 Å². The Morgan fingerprint density at radius 3 is 1.59 bits per heavy atom. The smallest absolute Gasteiger partial charge is 0.139 e. The van der Waals surface area contributed by atoms with E-state index in [1.165, 1.54) is 16.5 Å². The van der Waals surface area contributed by atoms with Gasteiger partial charge in [-0.15, -0.1) is 0 Å². The highest BCUT2D eigenvalue weighted by atomic mass is 16.3. The Morgan fingerprint density at radius 1 is 0.286 bits per heavy atom. The number of anilines is 6. The van der Waals surface area contributed by atoms with E-state index in [2.05, 4.69) is 204 Å². The van der Waals surface area contributed by atoms with E-state index in [-0.39, 0.29) is 0 Å². The Balaban J connectivity index is 1.20. The lowest BCUT2D eigenvalue weighted by Crippen LogP contribution is -2.13. The summed E-state index contributed by atoms with van der Waals surface area (Å²) >= 11 is 0. The molecule has 0 N–H and O–H groups in total. The summed E-state index contributed by atoms with van der Waals surface area (Å²) in [5, 5.41) is 6.59. The van der Waals surface area contributed by atoms with E-state index in [1.807, 2.05) is 12.1 Å². The Hall–Kier alpha value is -7.56. The minimum atomic E-state index is 0.806. The summed E-state index contributed by atoms with van der Waals surface area (Å²) in [7, 11) is 0. The quantitative estimate of drug-likeness (QED) is 0.164. The molecule has 2 aromatic heterocycles. The first-order valence-electron chi connectivity index (χ1n) is 18.9. The highest BCUT2D eigenvalue weighted by molar-refractivity contribution is 6.17. The van der Waals surface area contributed by atoms with Crippen molar-refractivity contribution in [2.75, 3.05) is 9.80 Å². The van der Waals surface area contributed by atoms with Crippen LogP contribution in [0.4, 0.5) is 34.1 Å². The fourth-order valence-electron chi connectivity index (χ4n) is 8.18. The van der Waals surface area contributed by atoms with Crippen molar-refractivity contribution in [3.05, 3.63) is 206 Å². The van der Waals surface area contributed by atoms with Crippen molar-refractivity contribution in [1.29, 1.82) is 0 Å². The predicted molar refractivity (Wildman–Crippen MR) is 233 cm³/mol. The maximum Gasteiger partial charge on any atom is 0.139 e. The van der Waals surface area contributed by atoms with Gasteiger partial charge in [0.2, 0.25) is 0 Å². The third kappa shape index (κ3) is 5.39. The zero-order valence-electron chi connectivity index (χ0n) is 30.3. The Labute approximate surface area is 323 Å². The van der Waals surface area contributed by atoms with Gasteiger partial charge in [0.15, 0.2) is 0 Å². The summed E-state index contributed by atoms with van der Waals surface area (Å²) in [6.07, 6.45) is 0. The molecule has 2 heterocycles. The van der Waals surface area contributed by atoms with Crippen LogP contribution >= 0.6 is 0 Å². The molecule has 11 aromatic rings. The number of furan rings is 2. The molecule has 4 heteroatoms.